The maximum absolute atomic E-state index is 12.3. The fourth-order valence-electron chi connectivity index (χ4n) is 2.55. The molecule has 0 radical (unpaired) electrons. The third-order valence-corrected chi connectivity index (χ3v) is 4.30. The molecule has 8 heteroatoms. The van der Waals surface area contributed by atoms with Crippen molar-refractivity contribution in [2.45, 2.75) is 13.3 Å². The molecule has 3 rings (SSSR count). The summed E-state index contributed by atoms with van der Waals surface area (Å²) in [7, 11) is 0. The number of non-ortho nitro benzene ring substituents is 1. The number of carbonyl (C=O) groups excluding carboxylic acids is 1. The number of nitrogens with zero attached hydrogens (tertiary/aromatic N) is 2. The maximum Gasteiger partial charge on any atom is 0.270 e. The summed E-state index contributed by atoms with van der Waals surface area (Å²) < 4.78 is 5.68. The smallest absolute Gasteiger partial charge is 0.270 e. The van der Waals surface area contributed by atoms with Gasteiger partial charge in [-0.1, -0.05) is 29.8 Å². The van der Waals surface area contributed by atoms with Gasteiger partial charge in [-0.3, -0.25) is 14.9 Å². The highest BCUT2D eigenvalue weighted by Crippen LogP contribution is 2.23. The second kappa shape index (κ2) is 8.01. The summed E-state index contributed by atoms with van der Waals surface area (Å²) in [6.07, 6.45) is 0.459. The molecule has 1 N–H and O–H groups in total. The summed E-state index contributed by atoms with van der Waals surface area (Å²) in [6.45, 7) is 2.10. The Morgan fingerprint density at radius 1 is 1.26 bits per heavy atom. The van der Waals surface area contributed by atoms with E-state index >= 15 is 0 Å². The highest BCUT2D eigenvalue weighted by Gasteiger charge is 2.16. The van der Waals surface area contributed by atoms with Gasteiger partial charge >= 0.3 is 0 Å². The van der Waals surface area contributed by atoms with Crippen LogP contribution < -0.4 is 5.32 Å². The maximum atomic E-state index is 12.3. The number of carbonyl (C=O) groups is 1. The van der Waals surface area contributed by atoms with Crippen LogP contribution >= 0.6 is 11.6 Å². The van der Waals surface area contributed by atoms with Gasteiger partial charge in [-0.25, -0.2) is 4.98 Å². The van der Waals surface area contributed by atoms with Crippen LogP contribution in [0.1, 0.15) is 21.8 Å². The lowest BCUT2D eigenvalue weighted by atomic mass is 10.2. The molecule has 0 aliphatic heterocycles. The first-order valence-corrected chi connectivity index (χ1v) is 8.57. The van der Waals surface area contributed by atoms with E-state index < -0.39 is 10.8 Å². The Labute approximate surface area is 160 Å². The Kier molecular flexibility index (Phi) is 5.52. The van der Waals surface area contributed by atoms with Gasteiger partial charge < -0.3 is 9.73 Å². The van der Waals surface area contributed by atoms with Gasteiger partial charge in [-0.2, -0.15) is 0 Å². The number of hydrogen-bond donors (Lipinski definition) is 1. The van der Waals surface area contributed by atoms with E-state index in [1.807, 2.05) is 37.3 Å². The molecule has 1 amide bonds. The molecule has 0 aliphatic carbocycles. The quantitative estimate of drug-likeness (QED) is 0.506. The summed E-state index contributed by atoms with van der Waals surface area (Å²) in [5, 5.41) is 13.7. The number of hydrogen-bond acceptors (Lipinski definition) is 5. The van der Waals surface area contributed by atoms with E-state index in [1.165, 1.54) is 12.1 Å². The minimum Gasteiger partial charge on any atom is -0.441 e. The number of rotatable bonds is 6. The summed E-state index contributed by atoms with van der Waals surface area (Å²) >= 11 is 5.98. The fourth-order valence-corrected chi connectivity index (χ4v) is 2.76. The minimum absolute atomic E-state index is 0.0627. The molecule has 7 nitrogen and oxygen atoms in total. The van der Waals surface area contributed by atoms with Gasteiger partial charge in [-0.05, 0) is 25.1 Å². The molecule has 0 saturated carbocycles. The molecular weight excluding hydrogens is 370 g/mol. The zero-order chi connectivity index (χ0) is 19.4. The van der Waals surface area contributed by atoms with Crippen molar-refractivity contribution >= 4 is 23.2 Å². The molecule has 0 bridgehead atoms. The van der Waals surface area contributed by atoms with Crippen LogP contribution in [0, 0.1) is 17.0 Å². The van der Waals surface area contributed by atoms with Gasteiger partial charge in [0.25, 0.3) is 11.6 Å². The molecule has 0 unspecified atom stereocenters. The highest BCUT2D eigenvalue weighted by atomic mass is 35.5. The van der Waals surface area contributed by atoms with E-state index in [4.69, 9.17) is 16.0 Å². The highest BCUT2D eigenvalue weighted by molar-refractivity contribution is 6.33. The first-order chi connectivity index (χ1) is 13.0. The average molecular weight is 386 g/mol. The molecule has 1 heterocycles. The molecule has 1 aromatic heterocycles. The van der Waals surface area contributed by atoms with Crippen molar-refractivity contribution in [3.05, 3.63) is 80.7 Å². The van der Waals surface area contributed by atoms with Crippen molar-refractivity contribution in [2.75, 3.05) is 6.54 Å². The zero-order valence-electron chi connectivity index (χ0n) is 14.4. The predicted octanol–water partition coefficient (Wildman–Crippen LogP) is 4.18. The van der Waals surface area contributed by atoms with Crippen molar-refractivity contribution in [1.82, 2.24) is 10.3 Å². The predicted molar refractivity (Wildman–Crippen MR) is 101 cm³/mol. The van der Waals surface area contributed by atoms with E-state index in [-0.39, 0.29) is 16.3 Å². The summed E-state index contributed by atoms with van der Waals surface area (Å²) in [5.74, 6) is 0.723. The number of benzene rings is 2. The number of oxazole rings is 1. The lowest BCUT2D eigenvalue weighted by Gasteiger charge is -2.06. The van der Waals surface area contributed by atoms with Gasteiger partial charge in [-0.15, -0.1) is 0 Å². The number of aromatic nitrogens is 1. The van der Waals surface area contributed by atoms with Crippen LogP contribution in [-0.2, 0) is 6.42 Å². The van der Waals surface area contributed by atoms with Crippen LogP contribution in [0.2, 0.25) is 5.02 Å². The fraction of sp³-hybridized carbons (Fsp3) is 0.158. The van der Waals surface area contributed by atoms with E-state index in [1.54, 1.807) is 0 Å². The van der Waals surface area contributed by atoms with E-state index in [0.717, 1.165) is 17.3 Å². The molecule has 0 fully saturated rings. The monoisotopic (exact) mass is 385 g/mol. The number of nitro benzene ring substituents is 1. The van der Waals surface area contributed by atoms with Gasteiger partial charge in [0.2, 0.25) is 5.89 Å². The number of nitro groups is 1. The number of aryl methyl sites for hydroxylation is 1. The van der Waals surface area contributed by atoms with Crippen LogP contribution in [0.3, 0.4) is 0 Å². The number of halogens is 1. The molecule has 138 valence electrons. The standard InChI is InChI=1S/C19H16ClN3O4/c1-12-17(22-19(27-12)13-5-3-2-4-6-13)9-10-21-18(24)15-11-14(23(25)26)7-8-16(15)20/h2-8,11H,9-10H2,1H3,(H,21,24). The van der Waals surface area contributed by atoms with E-state index in [9.17, 15) is 14.9 Å². The molecule has 2 aromatic carbocycles. The molecule has 27 heavy (non-hydrogen) atoms. The minimum atomic E-state index is -0.572. The summed E-state index contributed by atoms with van der Waals surface area (Å²) in [6, 6.07) is 13.3. The Morgan fingerprint density at radius 3 is 2.70 bits per heavy atom. The van der Waals surface area contributed by atoms with Crippen molar-refractivity contribution in [2.24, 2.45) is 0 Å². The molecular formula is C19H16ClN3O4. The third-order valence-electron chi connectivity index (χ3n) is 3.97. The van der Waals surface area contributed by atoms with Gasteiger partial charge in [0, 0.05) is 30.7 Å². The Morgan fingerprint density at radius 2 is 2.00 bits per heavy atom. The zero-order valence-corrected chi connectivity index (χ0v) is 15.2. The Bertz CT molecular complexity index is 986. The van der Waals surface area contributed by atoms with Crippen LogP contribution in [0.15, 0.2) is 52.9 Å². The summed E-state index contributed by atoms with van der Waals surface area (Å²) in [4.78, 5) is 27.0. The molecule has 0 saturated heterocycles. The van der Waals surface area contributed by atoms with Crippen LogP contribution in [0.25, 0.3) is 11.5 Å². The molecule has 0 atom stereocenters. The first kappa shape index (κ1) is 18.6. The van der Waals surface area contributed by atoms with Crippen molar-refractivity contribution in [1.29, 1.82) is 0 Å². The van der Waals surface area contributed by atoms with Crippen LogP contribution in [0.4, 0.5) is 5.69 Å². The molecule has 0 spiro atoms. The first-order valence-electron chi connectivity index (χ1n) is 8.19. The van der Waals surface area contributed by atoms with Crippen molar-refractivity contribution in [3.63, 3.8) is 0 Å². The van der Waals surface area contributed by atoms with Crippen molar-refractivity contribution < 1.29 is 14.1 Å². The second-order valence-corrected chi connectivity index (χ2v) is 6.22. The van der Waals surface area contributed by atoms with Gasteiger partial charge in [0.05, 0.1) is 21.2 Å². The van der Waals surface area contributed by atoms with Crippen molar-refractivity contribution in [3.8, 4) is 11.5 Å². The summed E-state index contributed by atoms with van der Waals surface area (Å²) in [5.41, 5.74) is 1.48. The lowest BCUT2D eigenvalue weighted by molar-refractivity contribution is -0.384. The SMILES string of the molecule is Cc1oc(-c2ccccc2)nc1CCNC(=O)c1cc([N+](=O)[O-])ccc1Cl. The average Bonchev–Trinajstić information content (AvgIpc) is 3.03. The lowest BCUT2D eigenvalue weighted by Crippen LogP contribution is -2.26. The van der Waals surface area contributed by atoms with Gasteiger partial charge in [0.1, 0.15) is 5.76 Å². The van der Waals surface area contributed by atoms with Crippen LogP contribution in [-0.4, -0.2) is 22.4 Å². The Balaban J connectivity index is 1.65. The number of nitrogens with one attached hydrogen (secondary N) is 1. The normalized spacial score (nSPS) is 10.6. The molecule has 3 aromatic rings. The van der Waals surface area contributed by atoms with Gasteiger partial charge in [0.15, 0.2) is 0 Å². The topological polar surface area (TPSA) is 98.3 Å². The van der Waals surface area contributed by atoms with E-state index in [2.05, 4.69) is 10.3 Å². The largest absolute Gasteiger partial charge is 0.441 e. The van der Waals surface area contributed by atoms with Crippen LogP contribution in [0.5, 0.6) is 0 Å². The Hall–Kier alpha value is -3.19. The third kappa shape index (κ3) is 4.32. The van der Waals surface area contributed by atoms with E-state index in [0.29, 0.717) is 24.6 Å². The second-order valence-electron chi connectivity index (χ2n) is 5.82. The number of amides is 1. The molecule has 0 aliphatic rings.